The van der Waals surface area contributed by atoms with Gasteiger partial charge in [0.2, 0.25) is 0 Å². The van der Waals surface area contributed by atoms with Gasteiger partial charge in [0.05, 0.1) is 13.2 Å². The minimum absolute atomic E-state index is 0.322. The number of hydrogen-bond donors (Lipinski definition) is 0. The molecule has 3 nitrogen and oxygen atoms in total. The number of hydrogen-bond acceptors (Lipinski definition) is 3. The third-order valence-electron chi connectivity index (χ3n) is 3.15. The maximum atomic E-state index is 6.25. The van der Waals surface area contributed by atoms with Crippen LogP contribution in [0.5, 0.6) is 0 Å². The maximum Gasteiger partial charge on any atom is 0.0700 e. The fourth-order valence-corrected chi connectivity index (χ4v) is 2.24. The predicted molar refractivity (Wildman–Crippen MR) is 67.2 cm³/mol. The van der Waals surface area contributed by atoms with Crippen molar-refractivity contribution in [2.75, 3.05) is 46.6 Å². The van der Waals surface area contributed by atoms with E-state index in [1.807, 2.05) is 0 Å². The lowest BCUT2D eigenvalue weighted by Gasteiger charge is -2.33. The van der Waals surface area contributed by atoms with Gasteiger partial charge in [-0.25, -0.2) is 0 Å². The van der Waals surface area contributed by atoms with Crippen molar-refractivity contribution in [2.45, 2.75) is 25.1 Å². The second-order valence-electron chi connectivity index (χ2n) is 4.54. The highest BCUT2D eigenvalue weighted by molar-refractivity contribution is 6.21. The number of likely N-dealkylation sites (tertiary alicyclic amines) is 1. The molecule has 0 amide bonds. The average Bonchev–Trinajstić information content (AvgIpc) is 2.28. The van der Waals surface area contributed by atoms with Crippen molar-refractivity contribution >= 4 is 11.6 Å². The van der Waals surface area contributed by atoms with Gasteiger partial charge in [0.15, 0.2) is 0 Å². The molecule has 96 valence electrons. The van der Waals surface area contributed by atoms with Crippen molar-refractivity contribution in [3.05, 3.63) is 0 Å². The summed E-state index contributed by atoms with van der Waals surface area (Å²) in [6, 6.07) is 0. The fourth-order valence-electron chi connectivity index (χ4n) is 1.92. The molecule has 1 rings (SSSR count). The lowest BCUT2D eigenvalue weighted by molar-refractivity contribution is 0.0634. The van der Waals surface area contributed by atoms with E-state index >= 15 is 0 Å². The van der Waals surface area contributed by atoms with Crippen molar-refractivity contribution in [1.82, 2.24) is 4.90 Å². The Kier molecular flexibility index (Phi) is 7.37. The van der Waals surface area contributed by atoms with Crippen molar-refractivity contribution < 1.29 is 9.47 Å². The number of halogens is 1. The second kappa shape index (κ2) is 8.29. The topological polar surface area (TPSA) is 21.7 Å². The molecule has 0 aromatic rings. The van der Waals surface area contributed by atoms with Gasteiger partial charge in [0, 0.05) is 32.2 Å². The Hall–Kier alpha value is 0.170. The Morgan fingerprint density at radius 1 is 1.31 bits per heavy atom. The van der Waals surface area contributed by atoms with Crippen molar-refractivity contribution in [3.8, 4) is 0 Å². The second-order valence-corrected chi connectivity index (χ2v) is 5.10. The number of piperidine rings is 1. The van der Waals surface area contributed by atoms with Gasteiger partial charge < -0.3 is 14.4 Å². The van der Waals surface area contributed by atoms with Crippen molar-refractivity contribution in [1.29, 1.82) is 0 Å². The summed E-state index contributed by atoms with van der Waals surface area (Å²) in [6.07, 6.45) is 2.31. The Labute approximate surface area is 104 Å². The summed E-state index contributed by atoms with van der Waals surface area (Å²) in [7, 11) is 1.69. The Morgan fingerprint density at radius 2 is 2.12 bits per heavy atom. The normalized spacial score (nSPS) is 27.2. The van der Waals surface area contributed by atoms with Crippen LogP contribution in [0.15, 0.2) is 0 Å². The predicted octanol–water partition coefficient (Wildman–Crippen LogP) is 1.99. The van der Waals surface area contributed by atoms with Gasteiger partial charge in [-0.3, -0.25) is 0 Å². The van der Waals surface area contributed by atoms with Crippen LogP contribution in [0.2, 0.25) is 0 Å². The molecule has 1 saturated heterocycles. The zero-order chi connectivity index (χ0) is 11.8. The van der Waals surface area contributed by atoms with E-state index in [1.54, 1.807) is 7.11 Å². The molecule has 0 N–H and O–H groups in total. The minimum atomic E-state index is 0.322. The van der Waals surface area contributed by atoms with Crippen molar-refractivity contribution in [3.63, 3.8) is 0 Å². The Morgan fingerprint density at radius 3 is 2.81 bits per heavy atom. The van der Waals surface area contributed by atoms with Gasteiger partial charge in [-0.1, -0.05) is 6.92 Å². The van der Waals surface area contributed by atoms with Crippen LogP contribution in [0.1, 0.15) is 19.8 Å². The van der Waals surface area contributed by atoms with E-state index in [1.165, 1.54) is 13.0 Å². The third-order valence-corrected chi connectivity index (χ3v) is 3.71. The molecule has 4 heteroatoms. The monoisotopic (exact) mass is 249 g/mol. The molecule has 16 heavy (non-hydrogen) atoms. The van der Waals surface area contributed by atoms with E-state index in [4.69, 9.17) is 21.1 Å². The lowest BCUT2D eigenvalue weighted by Crippen LogP contribution is -2.40. The van der Waals surface area contributed by atoms with E-state index in [0.717, 1.165) is 26.1 Å². The number of nitrogens with zero attached hydrogens (tertiary/aromatic N) is 1. The molecule has 1 aliphatic heterocycles. The average molecular weight is 250 g/mol. The first-order valence-electron chi connectivity index (χ1n) is 6.17. The molecular formula is C12H24ClNO2. The molecule has 0 aromatic carbocycles. The summed E-state index contributed by atoms with van der Waals surface area (Å²) in [5.41, 5.74) is 0. The Balaban J connectivity index is 1.97. The van der Waals surface area contributed by atoms with E-state index in [-0.39, 0.29) is 0 Å². The lowest BCUT2D eigenvalue weighted by atomic mass is 9.98. The van der Waals surface area contributed by atoms with Gasteiger partial charge in [-0.05, 0) is 25.3 Å². The van der Waals surface area contributed by atoms with Crippen LogP contribution in [0, 0.1) is 5.92 Å². The fraction of sp³-hybridized carbons (Fsp3) is 1.00. The SMILES string of the molecule is COCCOCCCN1CCC(C)C(Cl)C1. The van der Waals surface area contributed by atoms with Gasteiger partial charge in [0.1, 0.15) is 0 Å². The van der Waals surface area contributed by atoms with Gasteiger partial charge in [-0.2, -0.15) is 0 Å². The highest BCUT2D eigenvalue weighted by atomic mass is 35.5. The molecule has 0 aliphatic carbocycles. The van der Waals surface area contributed by atoms with Crippen LogP contribution >= 0.6 is 11.6 Å². The maximum absolute atomic E-state index is 6.25. The highest BCUT2D eigenvalue weighted by Gasteiger charge is 2.23. The molecule has 0 radical (unpaired) electrons. The van der Waals surface area contributed by atoms with Crippen molar-refractivity contribution in [2.24, 2.45) is 5.92 Å². The highest BCUT2D eigenvalue weighted by Crippen LogP contribution is 2.21. The third kappa shape index (κ3) is 5.48. The molecule has 0 spiro atoms. The molecule has 1 aliphatic rings. The van der Waals surface area contributed by atoms with Crippen LogP contribution in [0.25, 0.3) is 0 Å². The molecule has 0 bridgehead atoms. The Bertz CT molecular complexity index is 180. The van der Waals surface area contributed by atoms with Crippen LogP contribution in [0.4, 0.5) is 0 Å². The largest absolute Gasteiger partial charge is 0.382 e. The first kappa shape index (κ1) is 14.2. The van der Waals surface area contributed by atoms with E-state index in [9.17, 15) is 0 Å². The smallest absolute Gasteiger partial charge is 0.0700 e. The number of methoxy groups -OCH3 is 1. The summed E-state index contributed by atoms with van der Waals surface area (Å²) in [6.45, 7) is 7.76. The van der Waals surface area contributed by atoms with E-state index in [2.05, 4.69) is 11.8 Å². The first-order chi connectivity index (χ1) is 7.74. The van der Waals surface area contributed by atoms with Gasteiger partial charge in [-0.15, -0.1) is 11.6 Å². The van der Waals surface area contributed by atoms with Crippen LogP contribution in [-0.4, -0.2) is 56.8 Å². The van der Waals surface area contributed by atoms with Crippen LogP contribution < -0.4 is 0 Å². The first-order valence-corrected chi connectivity index (χ1v) is 6.60. The zero-order valence-corrected chi connectivity index (χ0v) is 11.2. The summed E-state index contributed by atoms with van der Waals surface area (Å²) in [5.74, 6) is 0.663. The molecule has 2 atom stereocenters. The number of rotatable bonds is 7. The van der Waals surface area contributed by atoms with E-state index in [0.29, 0.717) is 24.5 Å². The molecule has 1 fully saturated rings. The minimum Gasteiger partial charge on any atom is -0.382 e. The summed E-state index contributed by atoms with van der Waals surface area (Å²) < 4.78 is 10.3. The molecule has 0 saturated carbocycles. The van der Waals surface area contributed by atoms with Gasteiger partial charge >= 0.3 is 0 Å². The quantitative estimate of drug-likeness (QED) is 0.509. The summed E-state index contributed by atoms with van der Waals surface area (Å²) >= 11 is 6.25. The van der Waals surface area contributed by atoms with E-state index < -0.39 is 0 Å². The molecule has 0 aromatic heterocycles. The van der Waals surface area contributed by atoms with Gasteiger partial charge in [0.25, 0.3) is 0 Å². The number of alkyl halides is 1. The molecule has 1 heterocycles. The molecular weight excluding hydrogens is 226 g/mol. The van der Waals surface area contributed by atoms with Crippen LogP contribution in [-0.2, 0) is 9.47 Å². The summed E-state index contributed by atoms with van der Waals surface area (Å²) in [4.78, 5) is 2.44. The molecule has 2 unspecified atom stereocenters. The standard InChI is InChI=1S/C12H24ClNO2/c1-11-4-6-14(10-12(11)13)5-3-7-16-9-8-15-2/h11-12H,3-10H2,1-2H3. The van der Waals surface area contributed by atoms with Crippen LogP contribution in [0.3, 0.4) is 0 Å². The summed E-state index contributed by atoms with van der Waals surface area (Å²) in [5, 5.41) is 0.322. The number of ether oxygens (including phenoxy) is 2. The zero-order valence-electron chi connectivity index (χ0n) is 10.5.